The molecule has 5 heavy (non-hydrogen) atoms. The van der Waals surface area contributed by atoms with Gasteiger partial charge in [0.2, 0.25) is 0 Å². The molecule has 0 spiro atoms. The molecular weight excluding hydrogens is 127 g/mol. The van der Waals surface area contributed by atoms with E-state index in [1.165, 1.54) is 0 Å². The van der Waals surface area contributed by atoms with Crippen LogP contribution < -0.4 is 0 Å². The average Bonchev–Trinajstić information content (AvgIpc) is 1.00. The fourth-order valence-corrected chi connectivity index (χ4v) is 0. The van der Waals surface area contributed by atoms with Crippen LogP contribution in [-0.2, 0) is 23.9 Å². The topological polar surface area (TPSA) is 17.1 Å². The summed E-state index contributed by atoms with van der Waals surface area (Å²) in [5, 5.41) is 0. The van der Waals surface area contributed by atoms with Crippen LogP contribution in [-0.4, -0.2) is 37.4 Å². The van der Waals surface area contributed by atoms with Crippen molar-refractivity contribution in [2.75, 3.05) is 0 Å². The first-order valence-electron chi connectivity index (χ1n) is 0.204. The van der Waals surface area contributed by atoms with E-state index in [9.17, 15) is 0 Å². The van der Waals surface area contributed by atoms with Crippen LogP contribution >= 0.6 is 0 Å². The molecule has 5 heteroatoms. The molecule has 0 aromatic rings. The maximum atomic E-state index is 8.06. The second-order valence-electron chi connectivity index (χ2n) is 0. The van der Waals surface area contributed by atoms with E-state index in [-0.39, 0.29) is 46.8 Å². The van der Waals surface area contributed by atoms with Gasteiger partial charge in [0.05, 0.1) is 0 Å². The van der Waals surface area contributed by atoms with Crippen molar-refractivity contribution in [1.29, 1.82) is 0 Å². The molecule has 0 N–H and O–H groups in total. The normalized spacial score (nSPS) is 0.800. The van der Waals surface area contributed by atoms with Crippen LogP contribution in [0.2, 0.25) is 0 Å². The standard InChI is InChI=1S/B.Li.OSi.Zn/c;;1-2;. The van der Waals surface area contributed by atoms with E-state index in [0.717, 1.165) is 0 Å². The number of hydrogen-bond donors (Lipinski definition) is 0. The molecule has 0 rings (SSSR count). The van der Waals surface area contributed by atoms with E-state index < -0.39 is 0 Å². The van der Waals surface area contributed by atoms with Gasteiger partial charge in [-0.2, -0.15) is 0 Å². The SMILES string of the molecule is O=[Si].[B].[Li].[Zn]. The third-order valence-corrected chi connectivity index (χ3v) is 0. The molecular formula is BLiOSiZn. The first-order chi connectivity index (χ1) is 1.00. The van der Waals surface area contributed by atoms with Crippen LogP contribution in [0.25, 0.3) is 0 Å². The molecule has 0 heterocycles. The van der Waals surface area contributed by atoms with Gasteiger partial charge in [0.15, 0.2) is 0 Å². The predicted molar refractivity (Wildman–Crippen MR) is 17.9 cm³/mol. The summed E-state index contributed by atoms with van der Waals surface area (Å²) in [5.74, 6) is 0. The minimum absolute atomic E-state index is 0. The van der Waals surface area contributed by atoms with Gasteiger partial charge in [-0.15, -0.1) is 0 Å². The molecule has 0 fully saturated rings. The zero-order valence-electron chi connectivity index (χ0n) is 3.19. The Bertz CT molecular complexity index is 11.6. The summed E-state index contributed by atoms with van der Waals surface area (Å²) < 4.78 is 8.06. The van der Waals surface area contributed by atoms with Crippen molar-refractivity contribution in [3.8, 4) is 0 Å². The van der Waals surface area contributed by atoms with Crippen molar-refractivity contribution < 1.29 is 23.9 Å². The minimum atomic E-state index is 0. The van der Waals surface area contributed by atoms with Crippen LogP contribution in [0, 0.1) is 0 Å². The monoisotopic (exact) mass is 126 g/mol. The van der Waals surface area contributed by atoms with Gasteiger partial charge in [-0.05, 0) is 0 Å². The second-order valence-corrected chi connectivity index (χ2v) is 0. The maximum absolute atomic E-state index is 8.06. The van der Waals surface area contributed by atoms with E-state index >= 15 is 0 Å². The molecule has 0 atom stereocenters. The van der Waals surface area contributed by atoms with Gasteiger partial charge in [0.1, 0.15) is 0 Å². The summed E-state index contributed by atoms with van der Waals surface area (Å²) >= 11 is 0. The van der Waals surface area contributed by atoms with Crippen molar-refractivity contribution in [2.45, 2.75) is 0 Å². The summed E-state index contributed by atoms with van der Waals surface area (Å²) in [5.41, 5.74) is 0. The first kappa shape index (κ1) is 33.4. The smallest absolute Gasteiger partial charge is 0.381 e. The molecule has 0 saturated heterocycles. The van der Waals surface area contributed by atoms with Crippen molar-refractivity contribution in [3.63, 3.8) is 0 Å². The molecule has 0 unspecified atom stereocenters. The Labute approximate surface area is 61.3 Å². The molecule has 0 aliphatic heterocycles. The van der Waals surface area contributed by atoms with Crippen molar-refractivity contribution >= 4 is 37.4 Å². The number of hydrogen-bond acceptors (Lipinski definition) is 1. The largest absolute Gasteiger partial charge is 0.381 e. The van der Waals surface area contributed by atoms with Gasteiger partial charge in [0, 0.05) is 46.8 Å². The van der Waals surface area contributed by atoms with Crippen molar-refractivity contribution in [2.24, 2.45) is 0 Å². The van der Waals surface area contributed by atoms with E-state index in [1.807, 2.05) is 0 Å². The van der Waals surface area contributed by atoms with Crippen LogP contribution in [0.5, 0.6) is 0 Å². The summed E-state index contributed by atoms with van der Waals surface area (Å²) in [6.45, 7) is 0. The van der Waals surface area contributed by atoms with Crippen LogP contribution in [0.15, 0.2) is 0 Å². The van der Waals surface area contributed by atoms with Crippen LogP contribution in [0.1, 0.15) is 0 Å². The van der Waals surface area contributed by atoms with E-state index in [2.05, 4.69) is 0 Å². The Morgan fingerprint density at radius 2 is 1.20 bits per heavy atom. The first-order valence-corrected chi connectivity index (χ1v) is 0.612. The Hall–Kier alpha value is 1.30. The maximum Gasteiger partial charge on any atom is 0.381 e. The van der Waals surface area contributed by atoms with Gasteiger partial charge in [0.25, 0.3) is 0 Å². The van der Waals surface area contributed by atoms with Crippen LogP contribution in [0.4, 0.5) is 0 Å². The Morgan fingerprint density at radius 3 is 1.20 bits per heavy atom. The third kappa shape index (κ3) is 34.1. The zero-order valence-corrected chi connectivity index (χ0v) is 7.16. The molecule has 16 valence electrons. The molecule has 1 nitrogen and oxygen atoms in total. The van der Waals surface area contributed by atoms with Crippen molar-refractivity contribution in [1.82, 2.24) is 0 Å². The fraction of sp³-hybridized carbons (Fsp3) is 0. The van der Waals surface area contributed by atoms with Crippen LogP contribution in [0.3, 0.4) is 0 Å². The van der Waals surface area contributed by atoms with Crippen molar-refractivity contribution in [3.05, 3.63) is 0 Å². The third-order valence-electron chi connectivity index (χ3n) is 0. The molecule has 0 bridgehead atoms. The van der Waals surface area contributed by atoms with Gasteiger partial charge in [-0.25, -0.2) is 0 Å². The predicted octanol–water partition coefficient (Wildman–Crippen LogP) is -1.26. The molecule has 0 aromatic heterocycles. The van der Waals surface area contributed by atoms with Gasteiger partial charge in [-0.1, -0.05) is 0 Å². The van der Waals surface area contributed by atoms with E-state index in [0.29, 0.717) is 0 Å². The summed E-state index contributed by atoms with van der Waals surface area (Å²) in [4.78, 5) is 0. The van der Waals surface area contributed by atoms with Gasteiger partial charge in [-0.3, -0.25) is 0 Å². The Morgan fingerprint density at radius 1 is 1.20 bits per heavy atom. The molecule has 0 aliphatic rings. The molecule has 0 aromatic carbocycles. The number of rotatable bonds is 0. The average molecular weight is 127 g/mol. The van der Waals surface area contributed by atoms with E-state index in [1.54, 1.807) is 10.1 Å². The molecule has 0 amide bonds. The quantitative estimate of drug-likeness (QED) is 0.371. The summed E-state index contributed by atoms with van der Waals surface area (Å²) in [7, 11) is 1.72. The molecule has 0 saturated carbocycles. The minimum Gasteiger partial charge on any atom is -0.381 e. The summed E-state index contributed by atoms with van der Waals surface area (Å²) in [6, 6.07) is 0. The van der Waals surface area contributed by atoms with Gasteiger partial charge >= 0.3 is 10.1 Å². The fourth-order valence-electron chi connectivity index (χ4n) is 0. The second kappa shape index (κ2) is 57.9. The molecule has 0 aliphatic carbocycles. The summed E-state index contributed by atoms with van der Waals surface area (Å²) in [6.07, 6.45) is 0. The van der Waals surface area contributed by atoms with Gasteiger partial charge < -0.3 is 4.46 Å². The Kier molecular flexibility index (Phi) is 387. The Balaban J connectivity index is -0.00000000167. The zero-order chi connectivity index (χ0) is 2.00. The molecule has 6 radical (unpaired) electrons. The van der Waals surface area contributed by atoms with E-state index in [4.69, 9.17) is 4.46 Å².